The van der Waals surface area contributed by atoms with Gasteiger partial charge in [-0.05, 0) is 0 Å². The summed E-state index contributed by atoms with van der Waals surface area (Å²) in [6.07, 6.45) is 22.0. The molecule has 0 aliphatic rings. The van der Waals surface area contributed by atoms with E-state index in [1.807, 2.05) is 17.1 Å². The van der Waals surface area contributed by atoms with Crippen LogP contribution in [0.2, 0.25) is 22.3 Å². The van der Waals surface area contributed by atoms with Crippen molar-refractivity contribution in [1.29, 1.82) is 0 Å². The van der Waals surface area contributed by atoms with Gasteiger partial charge in [-0.1, -0.05) is 58.3 Å². The molecule has 4 nitrogen and oxygen atoms in total. The summed E-state index contributed by atoms with van der Waals surface area (Å²) in [5.41, 5.74) is 6.09. The third-order valence-corrected chi connectivity index (χ3v) is 16.2. The molecule has 30 heavy (non-hydrogen) atoms. The molecule has 0 aliphatic carbocycles. The van der Waals surface area contributed by atoms with Crippen LogP contribution >= 0.6 is 7.82 Å². The van der Waals surface area contributed by atoms with Gasteiger partial charge >= 0.3 is 132 Å². The van der Waals surface area contributed by atoms with Gasteiger partial charge in [0.05, 0.1) is 0 Å². The normalized spacial score (nSPS) is 15.6. The first-order chi connectivity index (χ1) is 14.1. The van der Waals surface area contributed by atoms with E-state index in [0.717, 1.165) is 24.5 Å². The summed E-state index contributed by atoms with van der Waals surface area (Å²) in [4.78, 5) is 10.0. The molecule has 0 bridgehead atoms. The van der Waals surface area contributed by atoms with Crippen molar-refractivity contribution < 1.29 is 17.5 Å². The third kappa shape index (κ3) is 20.6. The SMILES string of the molecule is CCCCCCCCCCCCCCCCCCOP(=O)(O)O[As](C)(C)(C)CCC. The Balaban J connectivity index is 3.47. The van der Waals surface area contributed by atoms with Gasteiger partial charge in [-0.3, -0.25) is 0 Å². The zero-order valence-corrected chi connectivity index (χ0v) is 23.8. The molecule has 0 spiro atoms. The van der Waals surface area contributed by atoms with E-state index < -0.39 is 20.6 Å². The molecule has 0 aliphatic heterocycles. The summed E-state index contributed by atoms with van der Waals surface area (Å²) in [6.45, 7) is 4.68. The Labute approximate surface area is 189 Å². The fraction of sp³-hybridized carbons (Fsp3) is 1.00. The molecule has 0 radical (unpaired) electrons. The van der Waals surface area contributed by atoms with Gasteiger partial charge in [0.1, 0.15) is 0 Å². The summed E-state index contributed by atoms with van der Waals surface area (Å²) >= 11 is -3.12. The molecule has 0 fully saturated rings. The van der Waals surface area contributed by atoms with Crippen LogP contribution in [0, 0.1) is 0 Å². The van der Waals surface area contributed by atoms with Crippen LogP contribution in [-0.2, 0) is 12.6 Å². The van der Waals surface area contributed by atoms with Gasteiger partial charge < -0.3 is 0 Å². The average Bonchev–Trinajstić information content (AvgIpc) is 2.62. The second kappa shape index (κ2) is 17.2. The molecule has 1 atom stereocenters. The number of unbranched alkanes of at least 4 members (excludes halogenated alkanes) is 15. The van der Waals surface area contributed by atoms with Gasteiger partial charge in [-0.2, -0.15) is 0 Å². The number of rotatable bonds is 22. The molecule has 6 heteroatoms. The van der Waals surface area contributed by atoms with Crippen LogP contribution in [0.15, 0.2) is 0 Å². The molecular weight excluding hydrogens is 458 g/mol. The number of hydrogen-bond donors (Lipinski definition) is 1. The molecule has 1 unspecified atom stereocenters. The molecule has 1 N–H and O–H groups in total. The molecule has 0 aromatic rings. The monoisotopic (exact) mass is 512 g/mol. The first kappa shape index (κ1) is 30.7. The predicted molar refractivity (Wildman–Crippen MR) is 135 cm³/mol. The van der Waals surface area contributed by atoms with E-state index in [9.17, 15) is 9.46 Å². The fourth-order valence-corrected chi connectivity index (χ4v) is 14.1. The van der Waals surface area contributed by atoms with Gasteiger partial charge in [-0.25, -0.2) is 0 Å². The zero-order chi connectivity index (χ0) is 22.8. The maximum absolute atomic E-state index is 12.2. The molecule has 0 saturated carbocycles. The first-order valence-corrected chi connectivity index (χ1v) is 22.0. The van der Waals surface area contributed by atoms with Crippen molar-refractivity contribution in [3.05, 3.63) is 0 Å². The van der Waals surface area contributed by atoms with Crippen molar-refractivity contribution in [2.24, 2.45) is 0 Å². The van der Waals surface area contributed by atoms with E-state index in [2.05, 4.69) is 13.8 Å². The minimum atomic E-state index is -3.92. The van der Waals surface area contributed by atoms with Crippen LogP contribution in [0.1, 0.15) is 123 Å². The van der Waals surface area contributed by atoms with E-state index >= 15 is 0 Å². The fourth-order valence-electron chi connectivity index (χ4n) is 4.04. The standard InChI is InChI=1S/C24H54AsO4P/c1-6-8-9-10-11-12-13-14-15-16-17-18-19-20-21-22-24-28-30(26,27)29-25(3,4,5)23-7-2/h6-24H2,1-5H3,(H,26,27). The molecule has 0 heterocycles. The summed E-state index contributed by atoms with van der Waals surface area (Å²) < 4.78 is 23.1. The Bertz CT molecular complexity index is 448. The van der Waals surface area contributed by atoms with Crippen LogP contribution in [0.25, 0.3) is 0 Å². The van der Waals surface area contributed by atoms with Crippen LogP contribution in [0.4, 0.5) is 0 Å². The molecular formula is C24H54AsO4P. The van der Waals surface area contributed by atoms with Gasteiger partial charge in [-0.15, -0.1) is 0 Å². The summed E-state index contributed by atoms with van der Waals surface area (Å²) in [6, 6.07) is 0. The quantitative estimate of drug-likeness (QED) is 0.0891. The minimum absolute atomic E-state index is 0.318. The summed E-state index contributed by atoms with van der Waals surface area (Å²) in [5.74, 6) is 0. The van der Waals surface area contributed by atoms with Gasteiger partial charge in [0.2, 0.25) is 0 Å². The number of phosphoric acid groups is 1. The second-order valence-corrected chi connectivity index (χ2v) is 26.2. The van der Waals surface area contributed by atoms with Crippen molar-refractivity contribution >= 4 is 20.6 Å². The van der Waals surface area contributed by atoms with Crippen molar-refractivity contribution in [2.75, 3.05) is 6.61 Å². The van der Waals surface area contributed by atoms with E-state index in [0.29, 0.717) is 6.61 Å². The van der Waals surface area contributed by atoms with E-state index in [1.165, 1.54) is 89.9 Å². The summed E-state index contributed by atoms with van der Waals surface area (Å²) in [5, 5.41) is 0.881. The van der Waals surface area contributed by atoms with Crippen molar-refractivity contribution in [3.63, 3.8) is 0 Å². The number of phosphoric ester groups is 1. The number of hydrogen-bond acceptors (Lipinski definition) is 3. The Morgan fingerprint density at radius 1 is 0.633 bits per heavy atom. The van der Waals surface area contributed by atoms with Crippen molar-refractivity contribution in [3.8, 4) is 0 Å². The Morgan fingerprint density at radius 2 is 1.00 bits per heavy atom. The van der Waals surface area contributed by atoms with E-state index in [1.54, 1.807) is 0 Å². The molecule has 0 rings (SSSR count). The predicted octanol–water partition coefficient (Wildman–Crippen LogP) is 9.58. The van der Waals surface area contributed by atoms with Crippen molar-refractivity contribution in [1.82, 2.24) is 0 Å². The van der Waals surface area contributed by atoms with Gasteiger partial charge in [0.15, 0.2) is 0 Å². The topological polar surface area (TPSA) is 55.8 Å². The zero-order valence-electron chi connectivity index (χ0n) is 21.0. The van der Waals surface area contributed by atoms with Crippen LogP contribution in [-0.4, -0.2) is 24.3 Å². The average molecular weight is 513 g/mol. The van der Waals surface area contributed by atoms with Gasteiger partial charge in [0.25, 0.3) is 0 Å². The van der Waals surface area contributed by atoms with Crippen LogP contribution in [0.5, 0.6) is 0 Å². The maximum atomic E-state index is 12.2. The first-order valence-electron chi connectivity index (χ1n) is 12.8. The van der Waals surface area contributed by atoms with Gasteiger partial charge in [0, 0.05) is 0 Å². The molecule has 0 aromatic carbocycles. The van der Waals surface area contributed by atoms with Crippen molar-refractivity contribution in [2.45, 2.75) is 145 Å². The third-order valence-electron chi connectivity index (χ3n) is 5.64. The van der Waals surface area contributed by atoms with Crippen LogP contribution in [0.3, 0.4) is 0 Å². The Kier molecular flexibility index (Phi) is 17.6. The van der Waals surface area contributed by atoms with Crippen LogP contribution < -0.4 is 0 Å². The molecule has 0 aromatic heterocycles. The Morgan fingerprint density at radius 3 is 1.37 bits per heavy atom. The van der Waals surface area contributed by atoms with E-state index in [4.69, 9.17) is 8.04 Å². The molecule has 184 valence electrons. The molecule has 0 saturated heterocycles. The second-order valence-electron chi connectivity index (χ2n) is 10.4. The summed E-state index contributed by atoms with van der Waals surface area (Å²) in [7, 11) is -3.92. The van der Waals surface area contributed by atoms with E-state index in [-0.39, 0.29) is 0 Å². The Hall–Kier alpha value is 0.668. The molecule has 0 amide bonds.